The summed E-state index contributed by atoms with van der Waals surface area (Å²) in [5.41, 5.74) is 3.03. The predicted molar refractivity (Wildman–Crippen MR) is 219 cm³/mol. The van der Waals surface area contributed by atoms with Crippen LogP contribution in [0.5, 0.6) is 23.0 Å². The van der Waals surface area contributed by atoms with Crippen molar-refractivity contribution < 1.29 is 67.8 Å². The summed E-state index contributed by atoms with van der Waals surface area (Å²) in [5.74, 6) is 14.9. The number of rotatable bonds is 2. The Bertz CT molecular complexity index is 1800. The molecule has 0 amide bonds. The average molecular weight is 829 g/mol. The molecule has 0 aromatic heterocycles. The second-order valence-corrected chi connectivity index (χ2v) is 12.9. The molecule has 14 heteroatoms. The maximum atomic E-state index is 9.50. The number of hydrogen-bond acceptors (Lipinski definition) is 14. The molecule has 0 saturated carbocycles. The molecular formula is C46H52O14. The van der Waals surface area contributed by atoms with Gasteiger partial charge in [-0.05, 0) is 48.5 Å². The normalized spacial score (nSPS) is 16.1. The zero-order valence-electron chi connectivity index (χ0n) is 33.4. The molecular weight excluding hydrogens is 776 g/mol. The van der Waals surface area contributed by atoms with E-state index in [4.69, 9.17) is 47.4 Å². The van der Waals surface area contributed by atoms with Gasteiger partial charge in [-0.15, -0.1) is 0 Å². The Balaban J connectivity index is 1.26. The first-order valence-electron chi connectivity index (χ1n) is 19.7. The van der Waals surface area contributed by atoms with Crippen LogP contribution in [0.25, 0.3) is 0 Å². The van der Waals surface area contributed by atoms with Gasteiger partial charge in [0.2, 0.25) is 0 Å². The van der Waals surface area contributed by atoms with Gasteiger partial charge in [0.15, 0.2) is 12.6 Å². The third kappa shape index (κ3) is 17.2. The topological polar surface area (TPSA) is 173 Å². The predicted octanol–water partition coefficient (Wildman–Crippen LogP) is 3.78. The quantitative estimate of drug-likeness (QED) is 0.170. The minimum atomic E-state index is -1.59. The molecule has 320 valence electrons. The van der Waals surface area contributed by atoms with Crippen LogP contribution in [0.4, 0.5) is 0 Å². The number of benzene rings is 4. The molecule has 8 rings (SSSR count). The standard InChI is InChI=1S/C46H52O14/c47-45(48)37-7-1-35(2-8-37)5-11-39-33-44-40(12-6-36-3-9-38(10-4-36)46(49)50)34-43(39)59-31-27-55-23-19-51-17-21-53-25-29-57-41-13-15-42(16-14-41)58-30-26-54-22-18-52-20-24-56-28-32-60-44/h1-4,7-10,13-16,33-34,45-50H,17-32H2. The van der Waals surface area contributed by atoms with Crippen LogP contribution in [0.2, 0.25) is 0 Å². The Morgan fingerprint density at radius 1 is 0.333 bits per heavy atom. The summed E-state index contributed by atoms with van der Waals surface area (Å²) < 4.78 is 57.9. The fourth-order valence-corrected chi connectivity index (χ4v) is 5.32. The van der Waals surface area contributed by atoms with Crippen LogP contribution < -0.4 is 18.9 Å². The van der Waals surface area contributed by atoms with Crippen LogP contribution in [0.3, 0.4) is 0 Å². The highest BCUT2D eigenvalue weighted by molar-refractivity contribution is 5.60. The van der Waals surface area contributed by atoms with Gasteiger partial charge < -0.3 is 67.8 Å². The van der Waals surface area contributed by atoms with Crippen LogP contribution in [-0.4, -0.2) is 126 Å². The highest BCUT2D eigenvalue weighted by Crippen LogP contribution is 2.29. The lowest BCUT2D eigenvalue weighted by Crippen LogP contribution is -2.15. The first kappa shape index (κ1) is 45.9. The van der Waals surface area contributed by atoms with Gasteiger partial charge in [-0.2, -0.15) is 0 Å². The van der Waals surface area contributed by atoms with E-state index in [9.17, 15) is 20.4 Å². The summed E-state index contributed by atoms with van der Waals surface area (Å²) in [7, 11) is 0. The number of aliphatic hydroxyl groups excluding tert-OH is 2. The summed E-state index contributed by atoms with van der Waals surface area (Å²) in [6.07, 6.45) is -3.17. The molecule has 0 saturated heterocycles. The summed E-state index contributed by atoms with van der Waals surface area (Å²) in [6.45, 7) is 5.71. The molecule has 4 N–H and O–H groups in total. The highest BCUT2D eigenvalue weighted by atomic mass is 16.6. The maximum Gasteiger partial charge on any atom is 0.178 e. The molecule has 60 heavy (non-hydrogen) atoms. The van der Waals surface area contributed by atoms with Crippen LogP contribution in [0.15, 0.2) is 84.9 Å². The van der Waals surface area contributed by atoms with E-state index in [0.29, 0.717) is 124 Å². The lowest BCUT2D eigenvalue weighted by Gasteiger charge is -2.14. The molecule has 0 radical (unpaired) electrons. The summed E-state index contributed by atoms with van der Waals surface area (Å²) in [6, 6.07) is 24.0. The van der Waals surface area contributed by atoms with Gasteiger partial charge in [-0.3, -0.25) is 0 Å². The van der Waals surface area contributed by atoms with Crippen molar-refractivity contribution in [2.45, 2.75) is 12.6 Å². The third-order valence-electron chi connectivity index (χ3n) is 8.46. The Kier molecular flexibility index (Phi) is 20.5. The maximum absolute atomic E-state index is 9.50. The van der Waals surface area contributed by atoms with Crippen molar-refractivity contribution in [1.29, 1.82) is 0 Å². The van der Waals surface area contributed by atoms with Crippen molar-refractivity contribution in [1.82, 2.24) is 0 Å². The lowest BCUT2D eigenvalue weighted by molar-refractivity contribution is -0.0430. The Labute approximate surface area is 350 Å². The van der Waals surface area contributed by atoms with Gasteiger partial charge >= 0.3 is 0 Å². The minimum absolute atomic E-state index is 0.205. The molecule has 4 aromatic carbocycles. The highest BCUT2D eigenvalue weighted by Gasteiger charge is 2.12. The molecule has 0 spiro atoms. The first-order chi connectivity index (χ1) is 29.4. The number of hydrogen-bond donors (Lipinski definition) is 4. The van der Waals surface area contributed by atoms with E-state index in [1.807, 2.05) is 24.3 Å². The SMILES string of the molecule is OC(O)c1ccc(C#Cc2cc3c(C#Cc4ccc(C(O)O)cc4)cc2OCCOCCOCCOCCOc2ccc(cc2)OCCOCCOCCOCCO3)cc1. The fourth-order valence-electron chi connectivity index (χ4n) is 5.32. The van der Waals surface area contributed by atoms with Gasteiger partial charge in [0.05, 0.1) is 90.4 Å². The molecule has 14 nitrogen and oxygen atoms in total. The van der Waals surface area contributed by atoms with Crippen molar-refractivity contribution in [3.05, 3.63) is 118 Å². The van der Waals surface area contributed by atoms with Crippen LogP contribution in [0, 0.1) is 23.7 Å². The van der Waals surface area contributed by atoms with Crippen molar-refractivity contribution in [3.63, 3.8) is 0 Å². The van der Waals surface area contributed by atoms with Crippen LogP contribution in [-0.2, 0) is 28.4 Å². The Morgan fingerprint density at radius 2 is 0.617 bits per heavy atom. The van der Waals surface area contributed by atoms with E-state index in [-0.39, 0.29) is 26.4 Å². The van der Waals surface area contributed by atoms with Crippen molar-refractivity contribution >= 4 is 0 Å². The lowest BCUT2D eigenvalue weighted by atomic mass is 10.1. The fraction of sp³-hybridized carbons (Fsp3) is 0.391. The summed E-state index contributed by atoms with van der Waals surface area (Å²) in [4.78, 5) is 0. The van der Waals surface area contributed by atoms with E-state index < -0.39 is 12.6 Å². The molecule has 4 aromatic rings. The van der Waals surface area contributed by atoms with Gasteiger partial charge in [0.25, 0.3) is 0 Å². The Morgan fingerprint density at radius 3 is 0.917 bits per heavy atom. The largest absolute Gasteiger partial charge is 0.491 e. The molecule has 0 atom stereocenters. The smallest absolute Gasteiger partial charge is 0.178 e. The third-order valence-corrected chi connectivity index (χ3v) is 8.46. The van der Waals surface area contributed by atoms with E-state index in [0.717, 1.165) is 11.5 Å². The van der Waals surface area contributed by atoms with Gasteiger partial charge in [0, 0.05) is 34.4 Å². The Hall–Kier alpha value is -5.20. The van der Waals surface area contributed by atoms with Crippen molar-refractivity contribution in [3.8, 4) is 46.7 Å². The summed E-state index contributed by atoms with van der Waals surface area (Å²) >= 11 is 0. The molecule has 0 fully saturated rings. The van der Waals surface area contributed by atoms with E-state index in [1.54, 1.807) is 60.7 Å². The number of aliphatic hydroxyl groups is 4. The molecule has 0 unspecified atom stereocenters. The van der Waals surface area contributed by atoms with Crippen LogP contribution in [0.1, 0.15) is 46.0 Å². The first-order valence-corrected chi connectivity index (χ1v) is 19.7. The van der Waals surface area contributed by atoms with Gasteiger partial charge in [0.1, 0.15) is 49.4 Å². The van der Waals surface area contributed by atoms with Crippen LogP contribution >= 0.6 is 0 Å². The monoisotopic (exact) mass is 828 g/mol. The van der Waals surface area contributed by atoms with Gasteiger partial charge in [-0.1, -0.05) is 47.9 Å². The average Bonchev–Trinajstić information content (AvgIpc) is 3.26. The van der Waals surface area contributed by atoms with Gasteiger partial charge in [-0.25, -0.2) is 0 Å². The zero-order chi connectivity index (χ0) is 42.0. The molecule has 4 bridgehead atoms. The molecule has 0 aliphatic carbocycles. The second-order valence-electron chi connectivity index (χ2n) is 12.9. The van der Waals surface area contributed by atoms with E-state index in [2.05, 4.69) is 23.7 Å². The van der Waals surface area contributed by atoms with Crippen molar-refractivity contribution in [2.24, 2.45) is 0 Å². The second kappa shape index (κ2) is 26.8. The molecule has 4 heterocycles. The molecule has 4 aliphatic heterocycles. The zero-order valence-corrected chi connectivity index (χ0v) is 33.4. The summed E-state index contributed by atoms with van der Waals surface area (Å²) in [5, 5.41) is 38.0. The minimum Gasteiger partial charge on any atom is -0.491 e. The van der Waals surface area contributed by atoms with E-state index in [1.165, 1.54) is 0 Å². The van der Waals surface area contributed by atoms with E-state index >= 15 is 0 Å². The number of ether oxygens (including phenoxy) is 10. The van der Waals surface area contributed by atoms with Crippen molar-refractivity contribution in [2.75, 3.05) is 106 Å². The molecule has 4 aliphatic rings.